The summed E-state index contributed by atoms with van der Waals surface area (Å²) in [6.07, 6.45) is 1.72. The number of rotatable bonds is 3. The van der Waals surface area contributed by atoms with Gasteiger partial charge in [-0.05, 0) is 24.3 Å². The first-order chi connectivity index (χ1) is 7.65. The lowest BCUT2D eigenvalue weighted by atomic mass is 10.3. The van der Waals surface area contributed by atoms with Crippen LogP contribution < -0.4 is 5.32 Å². The summed E-state index contributed by atoms with van der Waals surface area (Å²) in [6.45, 7) is 0.580. The number of nitrogens with one attached hydrogen (secondary N) is 1. The largest absolute Gasteiger partial charge is 0.379 e. The number of benzene rings is 1. The molecular formula is C11H11ClFN3. The molecule has 0 fully saturated rings. The molecular weight excluding hydrogens is 229 g/mol. The second-order valence-electron chi connectivity index (χ2n) is 3.46. The molecule has 0 unspecified atom stereocenters. The maximum atomic E-state index is 13.0. The van der Waals surface area contributed by atoms with Crippen molar-refractivity contribution in [2.45, 2.75) is 6.54 Å². The fourth-order valence-electron chi connectivity index (χ4n) is 1.42. The van der Waals surface area contributed by atoms with E-state index in [9.17, 15) is 4.39 Å². The predicted molar refractivity (Wildman–Crippen MR) is 61.9 cm³/mol. The highest BCUT2D eigenvalue weighted by Gasteiger charge is 2.01. The first kappa shape index (κ1) is 11.0. The van der Waals surface area contributed by atoms with Crippen LogP contribution in [0.25, 0.3) is 0 Å². The van der Waals surface area contributed by atoms with E-state index in [4.69, 9.17) is 11.6 Å². The minimum Gasteiger partial charge on any atom is -0.379 e. The standard InChI is InChI=1S/C11H11ClFN3/c1-16-11(2-3-15-16)7-14-10-5-8(12)4-9(13)6-10/h2-6,14H,7H2,1H3. The number of hydrogen-bond donors (Lipinski definition) is 1. The summed E-state index contributed by atoms with van der Waals surface area (Å²) >= 11 is 5.74. The van der Waals surface area contributed by atoms with Gasteiger partial charge in [0.05, 0.1) is 12.2 Å². The maximum absolute atomic E-state index is 13.0. The average Bonchev–Trinajstić information content (AvgIpc) is 2.59. The summed E-state index contributed by atoms with van der Waals surface area (Å²) in [5, 5.41) is 7.51. The van der Waals surface area contributed by atoms with Crippen molar-refractivity contribution in [3.63, 3.8) is 0 Å². The van der Waals surface area contributed by atoms with Crippen molar-refractivity contribution in [3.8, 4) is 0 Å². The SMILES string of the molecule is Cn1nccc1CNc1cc(F)cc(Cl)c1. The number of anilines is 1. The van der Waals surface area contributed by atoms with Gasteiger partial charge in [-0.15, -0.1) is 0 Å². The molecule has 1 N–H and O–H groups in total. The average molecular weight is 240 g/mol. The summed E-state index contributed by atoms with van der Waals surface area (Å²) in [5.41, 5.74) is 1.67. The van der Waals surface area contributed by atoms with E-state index in [2.05, 4.69) is 10.4 Å². The number of halogens is 2. The van der Waals surface area contributed by atoms with E-state index < -0.39 is 0 Å². The molecule has 84 valence electrons. The molecule has 0 aliphatic rings. The highest BCUT2D eigenvalue weighted by atomic mass is 35.5. The Labute approximate surface area is 97.8 Å². The van der Waals surface area contributed by atoms with E-state index in [0.717, 1.165) is 5.69 Å². The molecule has 2 rings (SSSR count). The zero-order chi connectivity index (χ0) is 11.5. The third kappa shape index (κ3) is 2.52. The third-order valence-electron chi connectivity index (χ3n) is 2.26. The zero-order valence-corrected chi connectivity index (χ0v) is 9.50. The summed E-state index contributed by atoms with van der Waals surface area (Å²) in [4.78, 5) is 0. The summed E-state index contributed by atoms with van der Waals surface area (Å²) in [6, 6.07) is 6.26. The van der Waals surface area contributed by atoms with E-state index >= 15 is 0 Å². The predicted octanol–water partition coefficient (Wildman–Crippen LogP) is 2.82. The van der Waals surface area contributed by atoms with Crippen LogP contribution in [0.15, 0.2) is 30.5 Å². The van der Waals surface area contributed by atoms with Crippen LogP contribution in [-0.4, -0.2) is 9.78 Å². The Morgan fingerprint density at radius 3 is 2.88 bits per heavy atom. The number of hydrogen-bond acceptors (Lipinski definition) is 2. The van der Waals surface area contributed by atoms with Crippen molar-refractivity contribution in [3.05, 3.63) is 47.0 Å². The summed E-state index contributed by atoms with van der Waals surface area (Å²) in [7, 11) is 1.86. The molecule has 2 aromatic rings. The second-order valence-corrected chi connectivity index (χ2v) is 3.89. The van der Waals surface area contributed by atoms with Crippen molar-refractivity contribution in [1.82, 2.24) is 9.78 Å². The molecule has 0 spiro atoms. The Bertz CT molecular complexity index is 475. The van der Waals surface area contributed by atoms with Gasteiger partial charge in [0.1, 0.15) is 5.82 Å². The minimum absolute atomic E-state index is 0.347. The van der Waals surface area contributed by atoms with Gasteiger partial charge in [0.15, 0.2) is 0 Å². The van der Waals surface area contributed by atoms with Gasteiger partial charge in [-0.1, -0.05) is 11.6 Å². The van der Waals surface area contributed by atoms with E-state index in [-0.39, 0.29) is 5.82 Å². The molecule has 1 heterocycles. The number of nitrogens with zero attached hydrogens (tertiary/aromatic N) is 2. The van der Waals surface area contributed by atoms with E-state index in [1.54, 1.807) is 16.9 Å². The molecule has 0 bridgehead atoms. The molecule has 5 heteroatoms. The normalized spacial score (nSPS) is 10.4. The van der Waals surface area contributed by atoms with Crippen LogP contribution in [0.3, 0.4) is 0 Å². The Kier molecular flexibility index (Phi) is 3.10. The van der Waals surface area contributed by atoms with Gasteiger partial charge in [0, 0.05) is 24.0 Å². The fraction of sp³-hybridized carbons (Fsp3) is 0.182. The second kappa shape index (κ2) is 4.53. The minimum atomic E-state index is -0.347. The quantitative estimate of drug-likeness (QED) is 0.893. The van der Waals surface area contributed by atoms with E-state index in [0.29, 0.717) is 17.3 Å². The van der Waals surface area contributed by atoms with Crippen molar-refractivity contribution in [2.24, 2.45) is 7.05 Å². The Morgan fingerprint density at radius 1 is 1.44 bits per heavy atom. The van der Waals surface area contributed by atoms with Gasteiger partial charge in [-0.25, -0.2) is 4.39 Å². The van der Waals surface area contributed by atoms with Crippen LogP contribution in [0.5, 0.6) is 0 Å². The highest BCUT2D eigenvalue weighted by Crippen LogP contribution is 2.18. The van der Waals surface area contributed by atoms with E-state index in [1.165, 1.54) is 12.1 Å². The molecule has 0 radical (unpaired) electrons. The van der Waals surface area contributed by atoms with Gasteiger partial charge in [-0.2, -0.15) is 5.10 Å². The maximum Gasteiger partial charge on any atom is 0.126 e. The molecule has 16 heavy (non-hydrogen) atoms. The fourth-order valence-corrected chi connectivity index (χ4v) is 1.65. The third-order valence-corrected chi connectivity index (χ3v) is 2.48. The highest BCUT2D eigenvalue weighted by molar-refractivity contribution is 6.30. The van der Waals surface area contributed by atoms with Crippen molar-refractivity contribution >= 4 is 17.3 Å². The van der Waals surface area contributed by atoms with Gasteiger partial charge in [0.2, 0.25) is 0 Å². The summed E-state index contributed by atoms with van der Waals surface area (Å²) < 4.78 is 14.8. The number of aromatic nitrogens is 2. The molecule has 0 atom stereocenters. The number of aryl methyl sites for hydroxylation is 1. The smallest absolute Gasteiger partial charge is 0.126 e. The van der Waals surface area contributed by atoms with Crippen molar-refractivity contribution < 1.29 is 4.39 Å². The molecule has 0 amide bonds. The lowest BCUT2D eigenvalue weighted by Gasteiger charge is -2.07. The van der Waals surface area contributed by atoms with E-state index in [1.807, 2.05) is 13.1 Å². The van der Waals surface area contributed by atoms with Crippen molar-refractivity contribution in [1.29, 1.82) is 0 Å². The van der Waals surface area contributed by atoms with Crippen molar-refractivity contribution in [2.75, 3.05) is 5.32 Å². The zero-order valence-electron chi connectivity index (χ0n) is 8.74. The molecule has 1 aromatic carbocycles. The Hall–Kier alpha value is -1.55. The Balaban J connectivity index is 2.07. The van der Waals surface area contributed by atoms with Crippen LogP contribution >= 0.6 is 11.6 Å². The molecule has 0 saturated heterocycles. The van der Waals surface area contributed by atoms with Crippen LogP contribution in [0, 0.1) is 5.82 Å². The van der Waals surface area contributed by atoms with Crippen LogP contribution in [0.2, 0.25) is 5.02 Å². The summed E-state index contributed by atoms with van der Waals surface area (Å²) in [5.74, 6) is -0.347. The Morgan fingerprint density at radius 2 is 2.25 bits per heavy atom. The molecule has 1 aromatic heterocycles. The first-order valence-corrected chi connectivity index (χ1v) is 5.20. The lowest BCUT2D eigenvalue weighted by molar-refractivity contribution is 0.628. The first-order valence-electron chi connectivity index (χ1n) is 4.82. The van der Waals surface area contributed by atoms with Gasteiger partial charge in [-0.3, -0.25) is 4.68 Å². The van der Waals surface area contributed by atoms with Gasteiger partial charge in [0.25, 0.3) is 0 Å². The van der Waals surface area contributed by atoms with Crippen LogP contribution in [0.1, 0.15) is 5.69 Å². The van der Waals surface area contributed by atoms with Gasteiger partial charge < -0.3 is 5.32 Å². The van der Waals surface area contributed by atoms with Crippen LogP contribution in [-0.2, 0) is 13.6 Å². The topological polar surface area (TPSA) is 29.9 Å². The molecule has 0 saturated carbocycles. The monoisotopic (exact) mass is 239 g/mol. The molecule has 0 aliphatic heterocycles. The molecule has 3 nitrogen and oxygen atoms in total. The van der Waals surface area contributed by atoms with Gasteiger partial charge >= 0.3 is 0 Å². The molecule has 0 aliphatic carbocycles. The van der Waals surface area contributed by atoms with Crippen LogP contribution in [0.4, 0.5) is 10.1 Å². The lowest BCUT2D eigenvalue weighted by Crippen LogP contribution is -2.05.